The molecule has 0 saturated carbocycles. The Kier molecular flexibility index (Phi) is 5.75. The third-order valence-corrected chi connectivity index (χ3v) is 4.68. The molecule has 0 unspecified atom stereocenters. The maximum atomic E-state index is 4.87. The molecule has 1 N–H and O–H groups in total. The van der Waals surface area contributed by atoms with Crippen molar-refractivity contribution in [2.45, 2.75) is 33.7 Å². The number of benzene rings is 1. The van der Waals surface area contributed by atoms with Crippen LogP contribution in [0.3, 0.4) is 0 Å². The van der Waals surface area contributed by atoms with Crippen LogP contribution < -0.4 is 5.32 Å². The van der Waals surface area contributed by atoms with Gasteiger partial charge in [-0.1, -0.05) is 48.8 Å². The van der Waals surface area contributed by atoms with Crippen LogP contribution in [0.25, 0.3) is 10.6 Å². The van der Waals surface area contributed by atoms with Gasteiger partial charge in [-0.3, -0.25) is 0 Å². The van der Waals surface area contributed by atoms with Gasteiger partial charge in [-0.25, -0.2) is 4.98 Å². The topological polar surface area (TPSA) is 24.9 Å². The lowest BCUT2D eigenvalue weighted by molar-refractivity contribution is 0.628. The van der Waals surface area contributed by atoms with E-state index in [0.717, 1.165) is 29.0 Å². The fourth-order valence-electron chi connectivity index (χ4n) is 2.02. The van der Waals surface area contributed by atoms with Crippen molar-refractivity contribution in [3.63, 3.8) is 0 Å². The van der Waals surface area contributed by atoms with Crippen LogP contribution in [0.15, 0.2) is 28.7 Å². The van der Waals surface area contributed by atoms with Gasteiger partial charge in [0.15, 0.2) is 0 Å². The molecule has 0 amide bonds. The van der Waals surface area contributed by atoms with Crippen molar-refractivity contribution in [1.82, 2.24) is 10.3 Å². The van der Waals surface area contributed by atoms with Gasteiger partial charge in [0, 0.05) is 21.5 Å². The highest BCUT2D eigenvalue weighted by Crippen LogP contribution is 2.30. The Balaban J connectivity index is 2.29. The minimum absolute atomic E-state index is 0.634. The molecule has 0 atom stereocenters. The highest BCUT2D eigenvalue weighted by atomic mass is 79.9. The lowest BCUT2D eigenvalue weighted by Gasteiger charge is -2.04. The predicted molar refractivity (Wildman–Crippen MR) is 91.2 cm³/mol. The zero-order chi connectivity index (χ0) is 14.5. The Morgan fingerprint density at radius 2 is 1.95 bits per heavy atom. The second-order valence-electron chi connectivity index (χ2n) is 5.27. The van der Waals surface area contributed by atoms with Crippen LogP contribution in [0, 0.1) is 5.92 Å². The van der Waals surface area contributed by atoms with Crippen molar-refractivity contribution in [2.24, 2.45) is 5.92 Å². The molecule has 0 spiro atoms. The van der Waals surface area contributed by atoms with E-state index in [4.69, 9.17) is 4.98 Å². The predicted octanol–water partition coefficient (Wildman–Crippen LogP) is 4.88. The van der Waals surface area contributed by atoms with Crippen LogP contribution in [0.2, 0.25) is 0 Å². The van der Waals surface area contributed by atoms with Crippen molar-refractivity contribution in [3.8, 4) is 10.6 Å². The van der Waals surface area contributed by atoms with E-state index in [-0.39, 0.29) is 0 Å². The van der Waals surface area contributed by atoms with Crippen LogP contribution in [0.1, 0.15) is 31.3 Å². The van der Waals surface area contributed by atoms with E-state index < -0.39 is 0 Å². The molecule has 0 aliphatic carbocycles. The van der Waals surface area contributed by atoms with Gasteiger partial charge in [-0.05, 0) is 31.0 Å². The van der Waals surface area contributed by atoms with Gasteiger partial charge in [-0.15, -0.1) is 11.3 Å². The average molecular weight is 353 g/mol. The van der Waals surface area contributed by atoms with Crippen LogP contribution in [0.4, 0.5) is 0 Å². The lowest BCUT2D eigenvalue weighted by atomic mass is 10.1. The van der Waals surface area contributed by atoms with Crippen molar-refractivity contribution in [2.75, 3.05) is 6.54 Å². The van der Waals surface area contributed by atoms with Gasteiger partial charge >= 0.3 is 0 Å². The quantitative estimate of drug-likeness (QED) is 0.801. The molecule has 0 aliphatic rings. The third-order valence-electron chi connectivity index (χ3n) is 3.01. The zero-order valence-electron chi connectivity index (χ0n) is 12.2. The first-order chi connectivity index (χ1) is 9.60. The van der Waals surface area contributed by atoms with Crippen molar-refractivity contribution >= 4 is 27.3 Å². The minimum atomic E-state index is 0.634. The molecule has 0 saturated heterocycles. The largest absolute Gasteiger partial charge is 0.312 e. The standard InChI is InChI=1S/C16H21BrN2S/c1-4-18-10-15-14(9-11(2)3)19-16(20-15)12-5-7-13(17)8-6-12/h5-8,11,18H,4,9-10H2,1-3H3. The summed E-state index contributed by atoms with van der Waals surface area (Å²) >= 11 is 5.29. The van der Waals surface area contributed by atoms with Gasteiger partial charge in [-0.2, -0.15) is 0 Å². The van der Waals surface area contributed by atoms with Gasteiger partial charge in [0.1, 0.15) is 5.01 Å². The first kappa shape index (κ1) is 15.7. The van der Waals surface area contributed by atoms with Gasteiger partial charge in [0.05, 0.1) is 5.69 Å². The van der Waals surface area contributed by atoms with E-state index in [1.807, 2.05) is 11.3 Å². The average Bonchev–Trinajstić information content (AvgIpc) is 2.79. The monoisotopic (exact) mass is 352 g/mol. The molecule has 0 radical (unpaired) electrons. The van der Waals surface area contributed by atoms with Crippen molar-refractivity contribution < 1.29 is 0 Å². The lowest BCUT2D eigenvalue weighted by Crippen LogP contribution is -2.12. The summed E-state index contributed by atoms with van der Waals surface area (Å²) in [5, 5.41) is 4.54. The molecule has 2 aromatic rings. The molecule has 0 bridgehead atoms. The maximum Gasteiger partial charge on any atom is 0.123 e. The summed E-state index contributed by atoms with van der Waals surface area (Å²) in [6.07, 6.45) is 1.05. The highest BCUT2D eigenvalue weighted by Gasteiger charge is 2.13. The number of aromatic nitrogens is 1. The Bertz CT molecular complexity index is 546. The fraction of sp³-hybridized carbons (Fsp3) is 0.438. The zero-order valence-corrected chi connectivity index (χ0v) is 14.6. The second kappa shape index (κ2) is 7.34. The maximum absolute atomic E-state index is 4.87. The fourth-order valence-corrected chi connectivity index (χ4v) is 3.35. The van der Waals surface area contributed by atoms with Crippen LogP contribution >= 0.6 is 27.3 Å². The summed E-state index contributed by atoms with van der Waals surface area (Å²) in [7, 11) is 0. The number of rotatable bonds is 6. The Labute approximate surface area is 133 Å². The Hall–Kier alpha value is -0.710. The van der Waals surface area contributed by atoms with E-state index >= 15 is 0 Å². The van der Waals surface area contributed by atoms with Crippen LogP contribution in [0.5, 0.6) is 0 Å². The molecule has 1 heterocycles. The van der Waals surface area contributed by atoms with Crippen molar-refractivity contribution in [1.29, 1.82) is 0 Å². The number of nitrogens with zero attached hydrogens (tertiary/aromatic N) is 1. The number of hydrogen-bond acceptors (Lipinski definition) is 3. The van der Waals surface area contributed by atoms with Crippen LogP contribution in [-0.4, -0.2) is 11.5 Å². The summed E-state index contributed by atoms with van der Waals surface area (Å²) in [6, 6.07) is 8.39. The van der Waals surface area contributed by atoms with E-state index in [1.165, 1.54) is 16.1 Å². The molecule has 20 heavy (non-hydrogen) atoms. The molecule has 2 nitrogen and oxygen atoms in total. The smallest absolute Gasteiger partial charge is 0.123 e. The molecule has 108 valence electrons. The first-order valence-electron chi connectivity index (χ1n) is 7.05. The second-order valence-corrected chi connectivity index (χ2v) is 7.27. The number of hydrogen-bond donors (Lipinski definition) is 1. The molecule has 2 rings (SSSR count). The third kappa shape index (κ3) is 4.14. The van der Waals surface area contributed by atoms with E-state index in [9.17, 15) is 0 Å². The minimum Gasteiger partial charge on any atom is -0.312 e. The van der Waals surface area contributed by atoms with Gasteiger partial charge in [0.2, 0.25) is 0 Å². The summed E-state index contributed by atoms with van der Waals surface area (Å²) in [6.45, 7) is 8.55. The molecule has 0 aliphatic heterocycles. The van der Waals surface area contributed by atoms with E-state index in [0.29, 0.717) is 5.92 Å². The SMILES string of the molecule is CCNCc1sc(-c2ccc(Br)cc2)nc1CC(C)C. The normalized spacial score (nSPS) is 11.2. The molecule has 1 aromatic carbocycles. The van der Waals surface area contributed by atoms with Crippen molar-refractivity contribution in [3.05, 3.63) is 39.3 Å². The summed E-state index contributed by atoms with van der Waals surface area (Å²) in [5.41, 5.74) is 2.45. The molecular formula is C16H21BrN2S. The number of thiazole rings is 1. The Morgan fingerprint density at radius 3 is 2.55 bits per heavy atom. The van der Waals surface area contributed by atoms with Gasteiger partial charge < -0.3 is 5.32 Å². The number of halogens is 1. The molecule has 1 aromatic heterocycles. The summed E-state index contributed by atoms with van der Waals surface area (Å²) in [5.74, 6) is 0.634. The summed E-state index contributed by atoms with van der Waals surface area (Å²) in [4.78, 5) is 6.24. The van der Waals surface area contributed by atoms with Gasteiger partial charge in [0.25, 0.3) is 0 Å². The Morgan fingerprint density at radius 1 is 1.25 bits per heavy atom. The van der Waals surface area contributed by atoms with Crippen LogP contribution in [-0.2, 0) is 13.0 Å². The molecule has 0 fully saturated rings. The molecular weight excluding hydrogens is 332 g/mol. The summed E-state index contributed by atoms with van der Waals surface area (Å²) < 4.78 is 1.10. The first-order valence-corrected chi connectivity index (χ1v) is 8.66. The molecule has 4 heteroatoms. The highest BCUT2D eigenvalue weighted by molar-refractivity contribution is 9.10. The van der Waals surface area contributed by atoms with E-state index in [2.05, 4.69) is 66.3 Å². The number of nitrogens with one attached hydrogen (secondary N) is 1. The van der Waals surface area contributed by atoms with E-state index in [1.54, 1.807) is 0 Å².